The Hall–Kier alpha value is -8.40. The van der Waals surface area contributed by atoms with Crippen LogP contribution in [0.5, 0.6) is 0 Å². The molecule has 0 bridgehead atoms. The van der Waals surface area contributed by atoms with Gasteiger partial charge in [-0.3, -0.25) is 0 Å². The third kappa shape index (κ3) is 7.65. The van der Waals surface area contributed by atoms with Gasteiger partial charge >= 0.3 is 0 Å². The number of hydrogen-bond acceptors (Lipinski definition) is 2. The summed E-state index contributed by atoms with van der Waals surface area (Å²) in [5.41, 5.74) is 20.1. The highest BCUT2D eigenvalue weighted by molar-refractivity contribution is 6.15. The summed E-state index contributed by atoms with van der Waals surface area (Å²) in [6.07, 6.45) is 14.5. The summed E-state index contributed by atoms with van der Waals surface area (Å²) in [4.78, 5) is 2.42. The lowest BCUT2D eigenvalue weighted by molar-refractivity contribution is 0.655. The Bertz CT molecular complexity index is 3740. The molecule has 0 atom stereocenters. The standard InChI is InChI=1S/C65H52N2O.C2H6/c1-7-18-48(19-8-2)67-58-26-15-14-23-53(58)55-41-46(33-39-59(55)67)47-34-40-61-56(42-47)63-51(24-17-28-62(63)68-61)45-31-37-50(38-32-45)66(49-35-29-44(30-36-49)43-21-12-11-13-22-43)60-27-16-25-54-52(20-9-3)57(10-4)65(5,6)64(54)60;1-2/h7-42H,1,4H2,2-3,5-6H3;1-2H3/b19-8-,20-9-,48-18+;. The van der Waals surface area contributed by atoms with Gasteiger partial charge < -0.3 is 13.9 Å². The minimum atomic E-state index is -0.273. The zero-order valence-electron chi connectivity index (χ0n) is 41.0. The van der Waals surface area contributed by atoms with Crippen LogP contribution in [0.3, 0.4) is 0 Å². The summed E-state index contributed by atoms with van der Waals surface area (Å²) in [6.45, 7) is 21.1. The van der Waals surface area contributed by atoms with E-state index in [2.05, 4.69) is 257 Å². The lowest BCUT2D eigenvalue weighted by Crippen LogP contribution is -2.21. The van der Waals surface area contributed by atoms with E-state index in [-0.39, 0.29) is 5.41 Å². The normalized spacial score (nSPS) is 13.4. The summed E-state index contributed by atoms with van der Waals surface area (Å²) >= 11 is 0. The lowest BCUT2D eigenvalue weighted by Gasteiger charge is -2.33. The van der Waals surface area contributed by atoms with Crippen molar-refractivity contribution < 1.29 is 4.42 Å². The van der Waals surface area contributed by atoms with Crippen molar-refractivity contribution in [2.45, 2.75) is 47.0 Å². The third-order valence-electron chi connectivity index (χ3n) is 13.8. The van der Waals surface area contributed by atoms with Gasteiger partial charge in [-0.1, -0.05) is 180 Å². The first-order chi connectivity index (χ1) is 34.3. The Balaban J connectivity index is 0.00000280. The molecule has 0 aliphatic heterocycles. The van der Waals surface area contributed by atoms with Crippen molar-refractivity contribution in [3.05, 3.63) is 248 Å². The van der Waals surface area contributed by atoms with Gasteiger partial charge in [0.15, 0.2) is 0 Å². The van der Waals surface area contributed by atoms with Crippen molar-refractivity contribution in [2.75, 3.05) is 4.90 Å². The Kier molecular flexibility index (Phi) is 12.3. The van der Waals surface area contributed by atoms with Crippen molar-refractivity contribution in [3.8, 4) is 33.4 Å². The van der Waals surface area contributed by atoms with E-state index in [4.69, 9.17) is 4.42 Å². The van der Waals surface area contributed by atoms with Crippen LogP contribution in [0, 0.1) is 0 Å². The van der Waals surface area contributed by atoms with Crippen LogP contribution >= 0.6 is 0 Å². The molecular formula is C67H58N2O. The highest BCUT2D eigenvalue weighted by Crippen LogP contribution is 2.53. The molecule has 10 aromatic rings. The van der Waals surface area contributed by atoms with Crippen LogP contribution in [0.25, 0.3) is 88.4 Å². The maximum atomic E-state index is 6.59. The maximum Gasteiger partial charge on any atom is 0.136 e. The van der Waals surface area contributed by atoms with Crippen LogP contribution < -0.4 is 4.90 Å². The number of rotatable bonds is 11. The van der Waals surface area contributed by atoms with Gasteiger partial charge in [0, 0.05) is 44.0 Å². The second-order valence-electron chi connectivity index (χ2n) is 18.1. The molecule has 0 unspecified atom stereocenters. The van der Waals surface area contributed by atoms with E-state index in [1.54, 1.807) is 0 Å². The predicted octanol–water partition coefficient (Wildman–Crippen LogP) is 19.6. The van der Waals surface area contributed by atoms with Crippen LogP contribution in [0.15, 0.2) is 242 Å². The first-order valence-electron chi connectivity index (χ1n) is 24.5. The van der Waals surface area contributed by atoms with Gasteiger partial charge in [0.2, 0.25) is 0 Å². The zero-order valence-corrected chi connectivity index (χ0v) is 41.0. The van der Waals surface area contributed by atoms with Crippen LogP contribution in [-0.4, -0.2) is 4.57 Å². The molecule has 1 aliphatic carbocycles. The van der Waals surface area contributed by atoms with Crippen LogP contribution in [-0.2, 0) is 5.41 Å². The number of aromatic nitrogens is 1. The van der Waals surface area contributed by atoms with E-state index >= 15 is 0 Å². The molecule has 11 rings (SSSR count). The Morgan fingerprint density at radius 1 is 0.557 bits per heavy atom. The first-order valence-corrected chi connectivity index (χ1v) is 24.5. The van der Waals surface area contributed by atoms with E-state index in [0.717, 1.165) is 78.0 Å². The topological polar surface area (TPSA) is 21.3 Å². The van der Waals surface area contributed by atoms with Gasteiger partial charge in [0.25, 0.3) is 0 Å². The van der Waals surface area contributed by atoms with Crippen LogP contribution in [0.1, 0.15) is 52.7 Å². The Morgan fingerprint density at radius 2 is 1.17 bits per heavy atom. The van der Waals surface area contributed by atoms with E-state index in [0.29, 0.717) is 0 Å². The fourth-order valence-corrected chi connectivity index (χ4v) is 10.8. The Morgan fingerprint density at radius 3 is 1.87 bits per heavy atom. The highest BCUT2D eigenvalue weighted by atomic mass is 16.3. The fourth-order valence-electron chi connectivity index (χ4n) is 10.8. The molecule has 0 fully saturated rings. The molecule has 2 heterocycles. The fraction of sp³-hybridized carbons (Fsp3) is 0.104. The van der Waals surface area contributed by atoms with Crippen molar-refractivity contribution >= 4 is 72.1 Å². The average Bonchev–Trinajstić information content (AvgIpc) is 4.02. The third-order valence-corrected chi connectivity index (χ3v) is 13.8. The van der Waals surface area contributed by atoms with Gasteiger partial charge in [-0.25, -0.2) is 0 Å². The summed E-state index contributed by atoms with van der Waals surface area (Å²) in [6, 6.07) is 63.8. The molecule has 2 aromatic heterocycles. The number of para-hydroxylation sites is 1. The van der Waals surface area contributed by atoms with Crippen molar-refractivity contribution in [1.29, 1.82) is 0 Å². The molecular weight excluding hydrogens is 849 g/mol. The molecule has 1 aliphatic rings. The monoisotopic (exact) mass is 906 g/mol. The lowest BCUT2D eigenvalue weighted by atomic mass is 9.80. The molecule has 0 amide bonds. The summed E-state index contributed by atoms with van der Waals surface area (Å²) < 4.78 is 8.91. The smallest absolute Gasteiger partial charge is 0.136 e. The number of anilines is 3. The van der Waals surface area contributed by atoms with E-state index in [1.165, 1.54) is 44.2 Å². The number of allylic oxidation sites excluding steroid dienone is 10. The van der Waals surface area contributed by atoms with Crippen LogP contribution in [0.2, 0.25) is 0 Å². The summed E-state index contributed by atoms with van der Waals surface area (Å²) in [5, 5.41) is 4.62. The maximum absolute atomic E-state index is 6.59. The molecule has 0 saturated heterocycles. The number of fused-ring (bicyclic) bond motifs is 7. The summed E-state index contributed by atoms with van der Waals surface area (Å²) in [5.74, 6) is 0. The second kappa shape index (κ2) is 18.9. The van der Waals surface area contributed by atoms with Gasteiger partial charge in [0.05, 0.1) is 16.7 Å². The van der Waals surface area contributed by atoms with Crippen LogP contribution in [0.4, 0.5) is 17.1 Å². The number of furan rings is 1. The average molecular weight is 907 g/mol. The molecule has 70 heavy (non-hydrogen) atoms. The highest BCUT2D eigenvalue weighted by Gasteiger charge is 2.39. The SMILES string of the molecule is C=C/C=C(\C=C/C)n1c2ccccc2c2cc(-c3ccc4oc5cccc(-c6ccc(N(c7ccc(-c8ccccc8)cc7)c7cccc8c7C(C)(C)C(C=C)=C8/C=C\C)cc6)c5c4c3)ccc21.CC. The van der Waals surface area contributed by atoms with Crippen molar-refractivity contribution in [3.63, 3.8) is 0 Å². The molecule has 0 N–H and O–H groups in total. The predicted molar refractivity (Wildman–Crippen MR) is 303 cm³/mol. The number of benzene rings is 8. The molecule has 0 spiro atoms. The quantitative estimate of drug-likeness (QED) is 0.121. The van der Waals surface area contributed by atoms with E-state index < -0.39 is 0 Å². The minimum Gasteiger partial charge on any atom is -0.456 e. The van der Waals surface area contributed by atoms with E-state index in [9.17, 15) is 0 Å². The largest absolute Gasteiger partial charge is 0.456 e. The second-order valence-corrected chi connectivity index (χ2v) is 18.1. The van der Waals surface area contributed by atoms with Gasteiger partial charge in [-0.15, -0.1) is 0 Å². The minimum absolute atomic E-state index is 0.273. The summed E-state index contributed by atoms with van der Waals surface area (Å²) in [7, 11) is 0. The van der Waals surface area contributed by atoms with Gasteiger partial charge in [-0.05, 0) is 148 Å². The molecule has 342 valence electrons. The number of hydrogen-bond donors (Lipinski definition) is 0. The molecule has 3 heteroatoms. The zero-order chi connectivity index (χ0) is 48.5. The molecule has 3 nitrogen and oxygen atoms in total. The van der Waals surface area contributed by atoms with E-state index in [1.807, 2.05) is 26.0 Å². The molecule has 8 aromatic carbocycles. The number of nitrogens with zero attached hydrogens (tertiary/aromatic N) is 2. The molecule has 0 saturated carbocycles. The van der Waals surface area contributed by atoms with Gasteiger partial charge in [0.1, 0.15) is 11.2 Å². The van der Waals surface area contributed by atoms with Crippen molar-refractivity contribution in [2.24, 2.45) is 0 Å². The Labute approximate surface area is 412 Å². The molecule has 0 radical (unpaired) electrons. The van der Waals surface area contributed by atoms with Gasteiger partial charge in [-0.2, -0.15) is 0 Å². The first kappa shape index (κ1) is 45.4. The van der Waals surface area contributed by atoms with Crippen molar-refractivity contribution in [1.82, 2.24) is 4.57 Å².